The first kappa shape index (κ1) is 20.2. The smallest absolute Gasteiger partial charge is 0.319 e. The van der Waals surface area contributed by atoms with E-state index in [2.05, 4.69) is 20.9 Å². The summed E-state index contributed by atoms with van der Waals surface area (Å²) < 4.78 is 5.53. The quantitative estimate of drug-likeness (QED) is 0.702. The SMILES string of the molecule is O=C(Nc1ccc(-c2nc3c(c(N4CCOCC4)n2)CCNC3)cc1)NC1CCCC1. The van der Waals surface area contributed by atoms with Crippen LogP contribution in [0, 0.1) is 0 Å². The second-order valence-corrected chi connectivity index (χ2v) is 8.48. The Morgan fingerprint density at radius 2 is 1.87 bits per heavy atom. The average Bonchev–Trinajstić information content (AvgIpc) is 3.32. The number of fused-ring (bicyclic) bond motifs is 1. The van der Waals surface area contributed by atoms with Gasteiger partial charge in [-0.05, 0) is 50.1 Å². The maximum absolute atomic E-state index is 12.2. The normalized spacial score (nSPS) is 19.2. The molecule has 5 rings (SSSR count). The lowest BCUT2D eigenvalue weighted by Gasteiger charge is -2.31. The summed E-state index contributed by atoms with van der Waals surface area (Å²) in [5.41, 5.74) is 4.05. The van der Waals surface area contributed by atoms with Crippen molar-refractivity contribution >= 4 is 17.5 Å². The topological polar surface area (TPSA) is 91.4 Å². The van der Waals surface area contributed by atoms with E-state index in [1.807, 2.05) is 24.3 Å². The summed E-state index contributed by atoms with van der Waals surface area (Å²) in [4.78, 5) is 24.4. The molecule has 1 saturated heterocycles. The monoisotopic (exact) mass is 422 g/mol. The molecular weight excluding hydrogens is 392 g/mol. The standard InChI is InChI=1S/C23H30N6O2/c30-23(25-17-3-1-2-4-17)26-18-7-5-16(6-8-18)21-27-20-15-24-10-9-19(20)22(28-21)29-11-13-31-14-12-29/h5-8,17,24H,1-4,9-15H2,(H2,25,26,30). The van der Waals surface area contributed by atoms with E-state index in [1.165, 1.54) is 18.4 Å². The van der Waals surface area contributed by atoms with Gasteiger partial charge in [0, 0.05) is 42.5 Å². The van der Waals surface area contributed by atoms with Gasteiger partial charge in [-0.25, -0.2) is 14.8 Å². The molecule has 3 heterocycles. The van der Waals surface area contributed by atoms with Crippen molar-refractivity contribution in [1.29, 1.82) is 0 Å². The minimum absolute atomic E-state index is 0.134. The lowest BCUT2D eigenvalue weighted by atomic mass is 10.1. The minimum atomic E-state index is -0.134. The maximum atomic E-state index is 12.2. The van der Waals surface area contributed by atoms with Gasteiger partial charge in [-0.3, -0.25) is 0 Å². The number of nitrogens with one attached hydrogen (secondary N) is 3. The largest absolute Gasteiger partial charge is 0.378 e. The molecule has 0 spiro atoms. The molecule has 31 heavy (non-hydrogen) atoms. The van der Waals surface area contributed by atoms with E-state index < -0.39 is 0 Å². The fourth-order valence-electron chi connectivity index (χ4n) is 4.63. The highest BCUT2D eigenvalue weighted by Crippen LogP contribution is 2.28. The number of hydrogen-bond donors (Lipinski definition) is 3. The zero-order valence-electron chi connectivity index (χ0n) is 17.8. The maximum Gasteiger partial charge on any atom is 0.319 e. The van der Waals surface area contributed by atoms with Crippen LogP contribution in [0.5, 0.6) is 0 Å². The second-order valence-electron chi connectivity index (χ2n) is 8.48. The number of benzene rings is 1. The number of carbonyl (C=O) groups excluding carboxylic acids is 1. The van der Waals surface area contributed by atoms with Crippen molar-refractivity contribution in [2.45, 2.75) is 44.7 Å². The molecule has 0 radical (unpaired) electrons. The molecule has 3 N–H and O–H groups in total. The number of amides is 2. The Hall–Kier alpha value is -2.71. The Kier molecular flexibility index (Phi) is 5.99. The lowest BCUT2D eigenvalue weighted by Crippen LogP contribution is -2.39. The van der Waals surface area contributed by atoms with Gasteiger partial charge in [0.2, 0.25) is 0 Å². The number of rotatable bonds is 4. The van der Waals surface area contributed by atoms with Crippen molar-refractivity contribution in [1.82, 2.24) is 20.6 Å². The predicted octanol–water partition coefficient (Wildman–Crippen LogP) is 2.69. The highest BCUT2D eigenvalue weighted by atomic mass is 16.5. The number of hydrogen-bond acceptors (Lipinski definition) is 6. The number of anilines is 2. The number of ether oxygens (including phenoxy) is 1. The van der Waals surface area contributed by atoms with Crippen molar-refractivity contribution in [2.24, 2.45) is 0 Å². The number of urea groups is 1. The third-order valence-corrected chi connectivity index (χ3v) is 6.32. The van der Waals surface area contributed by atoms with Gasteiger partial charge in [-0.2, -0.15) is 0 Å². The van der Waals surface area contributed by atoms with Crippen LogP contribution in [0.2, 0.25) is 0 Å². The second kappa shape index (κ2) is 9.20. The van der Waals surface area contributed by atoms with Gasteiger partial charge in [-0.1, -0.05) is 12.8 Å². The molecule has 2 amide bonds. The number of nitrogens with zero attached hydrogens (tertiary/aromatic N) is 3. The van der Waals surface area contributed by atoms with E-state index in [1.54, 1.807) is 0 Å². The molecule has 1 aromatic heterocycles. The zero-order valence-corrected chi connectivity index (χ0v) is 17.8. The lowest BCUT2D eigenvalue weighted by molar-refractivity contribution is 0.122. The first-order chi connectivity index (χ1) is 15.3. The van der Waals surface area contributed by atoms with E-state index >= 15 is 0 Å². The van der Waals surface area contributed by atoms with Crippen LogP contribution in [-0.2, 0) is 17.7 Å². The van der Waals surface area contributed by atoms with Crippen molar-refractivity contribution < 1.29 is 9.53 Å². The molecule has 2 aromatic rings. The summed E-state index contributed by atoms with van der Waals surface area (Å²) >= 11 is 0. The van der Waals surface area contributed by atoms with Gasteiger partial charge in [0.1, 0.15) is 5.82 Å². The molecule has 1 aromatic carbocycles. The number of carbonyl (C=O) groups is 1. The molecule has 8 heteroatoms. The molecule has 164 valence electrons. The average molecular weight is 423 g/mol. The third-order valence-electron chi connectivity index (χ3n) is 6.32. The van der Waals surface area contributed by atoms with Crippen molar-refractivity contribution in [3.8, 4) is 11.4 Å². The van der Waals surface area contributed by atoms with Crippen molar-refractivity contribution in [3.05, 3.63) is 35.5 Å². The van der Waals surface area contributed by atoms with Crippen LogP contribution in [0.4, 0.5) is 16.3 Å². The summed E-state index contributed by atoms with van der Waals surface area (Å²) in [6.07, 6.45) is 5.48. The zero-order chi connectivity index (χ0) is 21.0. The molecular formula is C23H30N6O2. The van der Waals surface area contributed by atoms with Crippen molar-refractivity contribution in [2.75, 3.05) is 43.1 Å². The Balaban J connectivity index is 1.35. The molecule has 1 aliphatic carbocycles. The van der Waals surface area contributed by atoms with Crippen LogP contribution >= 0.6 is 0 Å². The fraction of sp³-hybridized carbons (Fsp3) is 0.522. The Morgan fingerprint density at radius 3 is 2.65 bits per heavy atom. The van der Waals surface area contributed by atoms with Gasteiger partial charge in [0.05, 0.1) is 18.9 Å². The highest BCUT2D eigenvalue weighted by molar-refractivity contribution is 5.89. The molecule has 1 saturated carbocycles. The molecule has 0 atom stereocenters. The van der Waals surface area contributed by atoms with Gasteiger partial charge < -0.3 is 25.6 Å². The molecule has 3 aliphatic rings. The molecule has 0 bridgehead atoms. The fourth-order valence-corrected chi connectivity index (χ4v) is 4.63. The highest BCUT2D eigenvalue weighted by Gasteiger charge is 2.23. The van der Waals surface area contributed by atoms with E-state index in [4.69, 9.17) is 14.7 Å². The number of morpholine rings is 1. The van der Waals surface area contributed by atoms with Gasteiger partial charge in [0.15, 0.2) is 5.82 Å². The van der Waals surface area contributed by atoms with Crippen LogP contribution in [0.1, 0.15) is 36.9 Å². The summed E-state index contributed by atoms with van der Waals surface area (Å²) in [7, 11) is 0. The van der Waals surface area contributed by atoms with E-state index in [9.17, 15) is 4.79 Å². The third kappa shape index (κ3) is 4.65. The van der Waals surface area contributed by atoms with Crippen LogP contribution in [0.25, 0.3) is 11.4 Å². The van der Waals surface area contributed by atoms with Gasteiger partial charge in [0.25, 0.3) is 0 Å². The van der Waals surface area contributed by atoms with E-state index in [0.29, 0.717) is 6.04 Å². The molecule has 0 unspecified atom stereocenters. The predicted molar refractivity (Wildman–Crippen MR) is 120 cm³/mol. The minimum Gasteiger partial charge on any atom is -0.378 e. The Labute approximate surface area is 182 Å². The van der Waals surface area contributed by atoms with Crippen LogP contribution in [0.3, 0.4) is 0 Å². The van der Waals surface area contributed by atoms with Crippen LogP contribution in [-0.4, -0.2) is 54.9 Å². The van der Waals surface area contributed by atoms with Crippen molar-refractivity contribution in [3.63, 3.8) is 0 Å². The van der Waals surface area contributed by atoms with Gasteiger partial charge in [-0.15, -0.1) is 0 Å². The van der Waals surface area contributed by atoms with E-state index in [-0.39, 0.29) is 6.03 Å². The molecule has 2 fully saturated rings. The Morgan fingerprint density at radius 1 is 1.10 bits per heavy atom. The first-order valence-electron chi connectivity index (χ1n) is 11.4. The van der Waals surface area contributed by atoms with Gasteiger partial charge >= 0.3 is 6.03 Å². The molecule has 8 nitrogen and oxygen atoms in total. The summed E-state index contributed by atoms with van der Waals surface area (Å²) in [5.74, 6) is 1.77. The summed E-state index contributed by atoms with van der Waals surface area (Å²) in [5, 5.41) is 9.41. The molecule has 2 aliphatic heterocycles. The summed E-state index contributed by atoms with van der Waals surface area (Å²) in [6.45, 7) is 4.90. The van der Waals surface area contributed by atoms with Crippen LogP contribution < -0.4 is 20.9 Å². The van der Waals surface area contributed by atoms with Crippen LogP contribution in [0.15, 0.2) is 24.3 Å². The Bertz CT molecular complexity index is 920. The first-order valence-corrected chi connectivity index (χ1v) is 11.4. The van der Waals surface area contributed by atoms with E-state index in [0.717, 1.165) is 87.2 Å². The number of aromatic nitrogens is 2. The summed E-state index contributed by atoms with van der Waals surface area (Å²) in [6, 6.07) is 7.96.